The lowest BCUT2D eigenvalue weighted by molar-refractivity contribution is 0.104. The lowest BCUT2D eigenvalue weighted by Crippen LogP contribution is -1.98. The smallest absolute Gasteiger partial charge is 0.202 e. The summed E-state index contributed by atoms with van der Waals surface area (Å²) in [6.07, 6.45) is 9.07. The average Bonchev–Trinajstić information content (AvgIpc) is 3.05. The van der Waals surface area contributed by atoms with Gasteiger partial charge in [-0.05, 0) is 29.9 Å². The van der Waals surface area contributed by atoms with Crippen LogP contribution in [0.2, 0.25) is 0 Å². The second kappa shape index (κ2) is 8.78. The number of hydrogen-bond acceptors (Lipinski definition) is 2. The Kier molecular flexibility index (Phi) is 6.68. The third-order valence-electron chi connectivity index (χ3n) is 3.78. The molecule has 0 amide bonds. The Morgan fingerprint density at radius 1 is 0.952 bits per heavy atom. The summed E-state index contributed by atoms with van der Waals surface area (Å²) in [6, 6.07) is 11.9. The molecule has 112 valence electrons. The standard InChI is InChI=1S/C19H24OS/c1-2-3-4-5-6-7-9-16-11-13-17(14-12-16)19(20)18-10-8-15-21-18/h8,10-15H,2-7,9H2,1H3. The molecule has 21 heavy (non-hydrogen) atoms. The molecule has 1 aromatic heterocycles. The second-order valence-corrected chi connectivity index (χ2v) is 6.47. The Labute approximate surface area is 132 Å². The number of unbranched alkanes of at least 4 members (excludes halogenated alkanes) is 5. The minimum Gasteiger partial charge on any atom is -0.288 e. The van der Waals surface area contributed by atoms with E-state index in [1.165, 1.54) is 55.4 Å². The fourth-order valence-corrected chi connectivity index (χ4v) is 3.17. The van der Waals surface area contributed by atoms with E-state index in [0.717, 1.165) is 16.9 Å². The van der Waals surface area contributed by atoms with Crippen LogP contribution < -0.4 is 0 Å². The van der Waals surface area contributed by atoms with Crippen LogP contribution in [0.5, 0.6) is 0 Å². The third-order valence-corrected chi connectivity index (χ3v) is 4.65. The normalized spacial score (nSPS) is 10.7. The summed E-state index contributed by atoms with van der Waals surface area (Å²) < 4.78 is 0. The van der Waals surface area contributed by atoms with E-state index < -0.39 is 0 Å². The summed E-state index contributed by atoms with van der Waals surface area (Å²) in [5, 5.41) is 1.94. The molecule has 1 aromatic carbocycles. The van der Waals surface area contributed by atoms with Crippen LogP contribution in [0.15, 0.2) is 41.8 Å². The monoisotopic (exact) mass is 300 g/mol. The predicted molar refractivity (Wildman–Crippen MR) is 91.3 cm³/mol. The first-order valence-corrected chi connectivity index (χ1v) is 8.86. The van der Waals surface area contributed by atoms with Crippen molar-refractivity contribution in [3.63, 3.8) is 0 Å². The maximum absolute atomic E-state index is 12.2. The van der Waals surface area contributed by atoms with E-state index in [4.69, 9.17) is 0 Å². The van der Waals surface area contributed by atoms with Gasteiger partial charge in [0.15, 0.2) is 0 Å². The number of carbonyl (C=O) groups excluding carboxylic acids is 1. The van der Waals surface area contributed by atoms with Gasteiger partial charge in [-0.3, -0.25) is 4.79 Å². The zero-order valence-electron chi connectivity index (χ0n) is 12.8. The van der Waals surface area contributed by atoms with Gasteiger partial charge in [0.05, 0.1) is 4.88 Å². The van der Waals surface area contributed by atoms with Gasteiger partial charge in [-0.25, -0.2) is 0 Å². The average molecular weight is 300 g/mol. The van der Waals surface area contributed by atoms with Crippen molar-refractivity contribution in [2.45, 2.75) is 51.9 Å². The van der Waals surface area contributed by atoms with Crippen molar-refractivity contribution in [1.82, 2.24) is 0 Å². The molecule has 0 aliphatic heterocycles. The molecule has 0 bridgehead atoms. The Balaban J connectivity index is 1.78. The van der Waals surface area contributed by atoms with Crippen LogP contribution in [0.3, 0.4) is 0 Å². The van der Waals surface area contributed by atoms with Gasteiger partial charge in [0.2, 0.25) is 5.78 Å². The highest BCUT2D eigenvalue weighted by Gasteiger charge is 2.09. The van der Waals surface area contributed by atoms with Crippen molar-refractivity contribution in [2.24, 2.45) is 0 Å². The van der Waals surface area contributed by atoms with E-state index in [-0.39, 0.29) is 5.78 Å². The zero-order valence-corrected chi connectivity index (χ0v) is 13.6. The van der Waals surface area contributed by atoms with Gasteiger partial charge in [0.25, 0.3) is 0 Å². The number of benzene rings is 1. The molecule has 2 rings (SSSR count). The maximum Gasteiger partial charge on any atom is 0.202 e. The van der Waals surface area contributed by atoms with Gasteiger partial charge in [-0.1, -0.05) is 69.4 Å². The van der Waals surface area contributed by atoms with E-state index in [0.29, 0.717) is 0 Å². The molecule has 0 fully saturated rings. The first-order valence-electron chi connectivity index (χ1n) is 7.98. The molecule has 0 aliphatic carbocycles. The first kappa shape index (κ1) is 16.0. The van der Waals surface area contributed by atoms with Crippen LogP contribution in [0.25, 0.3) is 0 Å². The van der Waals surface area contributed by atoms with Gasteiger partial charge in [-0.2, -0.15) is 0 Å². The van der Waals surface area contributed by atoms with Gasteiger partial charge in [0, 0.05) is 5.56 Å². The van der Waals surface area contributed by atoms with Crippen molar-refractivity contribution in [3.05, 3.63) is 57.8 Å². The van der Waals surface area contributed by atoms with Crippen molar-refractivity contribution in [1.29, 1.82) is 0 Å². The molecule has 0 atom stereocenters. The molecule has 0 saturated carbocycles. The van der Waals surface area contributed by atoms with Crippen molar-refractivity contribution in [3.8, 4) is 0 Å². The van der Waals surface area contributed by atoms with Gasteiger partial charge >= 0.3 is 0 Å². The van der Waals surface area contributed by atoms with Crippen LogP contribution in [-0.2, 0) is 6.42 Å². The van der Waals surface area contributed by atoms with Crippen LogP contribution in [0.4, 0.5) is 0 Å². The molecule has 0 saturated heterocycles. The largest absolute Gasteiger partial charge is 0.288 e. The van der Waals surface area contributed by atoms with E-state index in [1.54, 1.807) is 0 Å². The summed E-state index contributed by atoms with van der Waals surface area (Å²) in [6.45, 7) is 2.25. The van der Waals surface area contributed by atoms with E-state index in [2.05, 4.69) is 19.1 Å². The van der Waals surface area contributed by atoms with Crippen molar-refractivity contribution >= 4 is 17.1 Å². The Morgan fingerprint density at radius 3 is 2.33 bits per heavy atom. The number of thiophene rings is 1. The summed E-state index contributed by atoms with van der Waals surface area (Å²) >= 11 is 1.50. The minimum absolute atomic E-state index is 0.135. The molecule has 0 N–H and O–H groups in total. The summed E-state index contributed by atoms with van der Waals surface area (Å²) in [5.74, 6) is 0.135. The van der Waals surface area contributed by atoms with Crippen LogP contribution in [0.1, 0.15) is 66.2 Å². The summed E-state index contributed by atoms with van der Waals surface area (Å²) in [7, 11) is 0. The molecule has 0 aliphatic rings. The number of rotatable bonds is 9. The Hall–Kier alpha value is -1.41. The third kappa shape index (κ3) is 5.13. The highest BCUT2D eigenvalue weighted by Crippen LogP contribution is 2.16. The van der Waals surface area contributed by atoms with E-state index >= 15 is 0 Å². The number of hydrogen-bond donors (Lipinski definition) is 0. The van der Waals surface area contributed by atoms with Gasteiger partial charge in [0.1, 0.15) is 0 Å². The van der Waals surface area contributed by atoms with E-state index in [1.807, 2.05) is 29.6 Å². The maximum atomic E-state index is 12.2. The van der Waals surface area contributed by atoms with Crippen LogP contribution in [0, 0.1) is 0 Å². The molecule has 0 spiro atoms. The topological polar surface area (TPSA) is 17.1 Å². The van der Waals surface area contributed by atoms with Crippen LogP contribution >= 0.6 is 11.3 Å². The number of aryl methyl sites for hydroxylation is 1. The highest BCUT2D eigenvalue weighted by atomic mass is 32.1. The van der Waals surface area contributed by atoms with Gasteiger partial charge < -0.3 is 0 Å². The molecule has 1 heterocycles. The van der Waals surface area contributed by atoms with Crippen LogP contribution in [-0.4, -0.2) is 5.78 Å². The fourth-order valence-electron chi connectivity index (χ4n) is 2.48. The minimum atomic E-state index is 0.135. The SMILES string of the molecule is CCCCCCCCc1ccc(C(=O)c2cccs2)cc1. The Bertz CT molecular complexity index is 525. The molecule has 0 unspecified atom stereocenters. The molecule has 1 nitrogen and oxygen atoms in total. The first-order chi connectivity index (χ1) is 10.3. The zero-order chi connectivity index (χ0) is 14.9. The highest BCUT2D eigenvalue weighted by molar-refractivity contribution is 7.12. The number of carbonyl (C=O) groups is 1. The lowest BCUT2D eigenvalue weighted by atomic mass is 10.0. The molecule has 2 aromatic rings. The summed E-state index contributed by atoms with van der Waals surface area (Å²) in [5.41, 5.74) is 2.14. The molecule has 2 heteroatoms. The van der Waals surface area contributed by atoms with Crippen molar-refractivity contribution in [2.75, 3.05) is 0 Å². The number of ketones is 1. The quantitative estimate of drug-likeness (QED) is 0.417. The second-order valence-electron chi connectivity index (χ2n) is 5.52. The van der Waals surface area contributed by atoms with Crippen molar-refractivity contribution < 1.29 is 4.79 Å². The van der Waals surface area contributed by atoms with E-state index in [9.17, 15) is 4.79 Å². The lowest BCUT2D eigenvalue weighted by Gasteiger charge is -2.04. The predicted octanol–water partition coefficient (Wildman–Crippen LogP) is 5.88. The summed E-state index contributed by atoms with van der Waals surface area (Å²) in [4.78, 5) is 13.0. The molecular formula is C19H24OS. The fraction of sp³-hybridized carbons (Fsp3) is 0.421. The molecular weight excluding hydrogens is 276 g/mol. The van der Waals surface area contributed by atoms with Gasteiger partial charge in [-0.15, -0.1) is 11.3 Å². The molecule has 0 radical (unpaired) electrons. The Morgan fingerprint density at radius 2 is 1.67 bits per heavy atom.